The molecule has 2 aromatic carbocycles. The first-order valence-corrected chi connectivity index (χ1v) is 6.92. The molecule has 19 heavy (non-hydrogen) atoms. The van der Waals surface area contributed by atoms with Gasteiger partial charge in [-0.25, -0.2) is 0 Å². The molecular formula is C17H19NO. The van der Waals surface area contributed by atoms with Gasteiger partial charge in [0.2, 0.25) is 0 Å². The van der Waals surface area contributed by atoms with Crippen LogP contribution in [0.4, 0.5) is 5.69 Å². The normalized spacial score (nSPS) is 16.1. The van der Waals surface area contributed by atoms with Crippen LogP contribution in [0, 0.1) is 0 Å². The van der Waals surface area contributed by atoms with Crippen LogP contribution in [0.3, 0.4) is 0 Å². The maximum Gasteiger partial charge on any atom is 0.105 e. The van der Waals surface area contributed by atoms with E-state index in [0.29, 0.717) is 0 Å². The van der Waals surface area contributed by atoms with Crippen molar-refractivity contribution in [1.29, 1.82) is 0 Å². The molecule has 3 rings (SSSR count). The van der Waals surface area contributed by atoms with Crippen LogP contribution >= 0.6 is 0 Å². The number of aliphatic hydroxyl groups excluding tert-OH is 1. The van der Waals surface area contributed by atoms with Gasteiger partial charge in [-0.2, -0.15) is 0 Å². The molecule has 0 aromatic heterocycles. The van der Waals surface area contributed by atoms with Crippen LogP contribution in [0.5, 0.6) is 0 Å². The summed E-state index contributed by atoms with van der Waals surface area (Å²) in [6, 6.07) is 14.5. The van der Waals surface area contributed by atoms with E-state index in [9.17, 15) is 5.11 Å². The standard InChI is InChI=1S/C17H19NO/c1-3-18(4-2)12-9-10-14-13-7-5-6-8-15(13)17(19)16(14)11-12/h5-11,17,19H,3-4H2,1-2H3/t17-/m0/s1. The van der Waals surface area contributed by atoms with Crippen LogP contribution in [0.1, 0.15) is 31.1 Å². The highest BCUT2D eigenvalue weighted by molar-refractivity contribution is 5.80. The van der Waals surface area contributed by atoms with Gasteiger partial charge >= 0.3 is 0 Å². The summed E-state index contributed by atoms with van der Waals surface area (Å²) in [7, 11) is 0. The van der Waals surface area contributed by atoms with Gasteiger partial charge in [-0.05, 0) is 48.2 Å². The van der Waals surface area contributed by atoms with E-state index in [0.717, 1.165) is 29.8 Å². The molecule has 98 valence electrons. The molecule has 0 aliphatic heterocycles. The van der Waals surface area contributed by atoms with Crippen molar-refractivity contribution in [1.82, 2.24) is 0 Å². The third-order valence-electron chi connectivity index (χ3n) is 4.00. The van der Waals surface area contributed by atoms with Crippen LogP contribution < -0.4 is 4.90 Å². The summed E-state index contributed by atoms with van der Waals surface area (Å²) >= 11 is 0. The molecule has 0 saturated carbocycles. The number of aliphatic hydroxyl groups is 1. The van der Waals surface area contributed by atoms with Crippen LogP contribution in [0.25, 0.3) is 11.1 Å². The Morgan fingerprint density at radius 1 is 0.947 bits per heavy atom. The Hall–Kier alpha value is -1.80. The first-order chi connectivity index (χ1) is 9.26. The molecule has 1 atom stereocenters. The van der Waals surface area contributed by atoms with Crippen molar-refractivity contribution in [3.05, 3.63) is 53.6 Å². The molecule has 0 fully saturated rings. The maximum atomic E-state index is 10.5. The summed E-state index contributed by atoms with van der Waals surface area (Å²) in [5, 5.41) is 10.5. The third-order valence-corrected chi connectivity index (χ3v) is 4.00. The zero-order chi connectivity index (χ0) is 13.4. The van der Waals surface area contributed by atoms with Crippen LogP contribution in [-0.2, 0) is 0 Å². The minimum atomic E-state index is -0.485. The fraction of sp³-hybridized carbons (Fsp3) is 0.294. The molecule has 1 N–H and O–H groups in total. The molecule has 0 radical (unpaired) electrons. The number of anilines is 1. The van der Waals surface area contributed by atoms with Crippen molar-refractivity contribution >= 4 is 5.69 Å². The number of benzene rings is 2. The van der Waals surface area contributed by atoms with E-state index in [1.807, 2.05) is 18.2 Å². The second kappa shape index (κ2) is 4.71. The minimum absolute atomic E-state index is 0.485. The first-order valence-electron chi connectivity index (χ1n) is 6.92. The summed E-state index contributed by atoms with van der Waals surface area (Å²) in [5.41, 5.74) is 5.57. The molecule has 0 saturated heterocycles. The van der Waals surface area contributed by atoms with Crippen molar-refractivity contribution in [3.63, 3.8) is 0 Å². The molecular weight excluding hydrogens is 234 g/mol. The van der Waals surface area contributed by atoms with E-state index < -0.39 is 6.10 Å². The van der Waals surface area contributed by atoms with E-state index in [2.05, 4.69) is 43.0 Å². The van der Waals surface area contributed by atoms with Gasteiger partial charge in [-0.1, -0.05) is 30.3 Å². The average molecular weight is 253 g/mol. The van der Waals surface area contributed by atoms with Gasteiger partial charge in [-0.3, -0.25) is 0 Å². The van der Waals surface area contributed by atoms with E-state index >= 15 is 0 Å². The van der Waals surface area contributed by atoms with Crippen molar-refractivity contribution in [3.8, 4) is 11.1 Å². The van der Waals surface area contributed by atoms with Crippen LogP contribution in [0.15, 0.2) is 42.5 Å². The number of hydrogen-bond donors (Lipinski definition) is 1. The molecule has 0 unspecified atom stereocenters. The van der Waals surface area contributed by atoms with Gasteiger partial charge in [-0.15, -0.1) is 0 Å². The van der Waals surface area contributed by atoms with Gasteiger partial charge in [0.25, 0.3) is 0 Å². The Labute approximate surface area is 114 Å². The van der Waals surface area contributed by atoms with Crippen LogP contribution in [-0.4, -0.2) is 18.2 Å². The highest BCUT2D eigenvalue weighted by Gasteiger charge is 2.26. The van der Waals surface area contributed by atoms with Gasteiger partial charge in [0, 0.05) is 18.8 Å². The summed E-state index contributed by atoms with van der Waals surface area (Å²) in [6.07, 6.45) is -0.485. The van der Waals surface area contributed by atoms with E-state index in [1.54, 1.807) is 0 Å². The van der Waals surface area contributed by atoms with E-state index in [-0.39, 0.29) is 0 Å². The topological polar surface area (TPSA) is 23.5 Å². The van der Waals surface area contributed by atoms with E-state index in [1.165, 1.54) is 11.3 Å². The Morgan fingerprint density at radius 2 is 1.63 bits per heavy atom. The zero-order valence-corrected chi connectivity index (χ0v) is 11.4. The molecule has 0 bridgehead atoms. The summed E-state index contributed by atoms with van der Waals surface area (Å²) in [5.74, 6) is 0. The molecule has 2 nitrogen and oxygen atoms in total. The largest absolute Gasteiger partial charge is 0.384 e. The quantitative estimate of drug-likeness (QED) is 0.903. The monoisotopic (exact) mass is 253 g/mol. The van der Waals surface area contributed by atoms with Crippen molar-refractivity contribution in [2.45, 2.75) is 20.0 Å². The zero-order valence-electron chi connectivity index (χ0n) is 11.4. The number of fused-ring (bicyclic) bond motifs is 3. The van der Waals surface area contributed by atoms with Gasteiger partial charge < -0.3 is 10.0 Å². The molecule has 0 amide bonds. The molecule has 2 aromatic rings. The molecule has 2 heteroatoms. The van der Waals surface area contributed by atoms with Gasteiger partial charge in [0.1, 0.15) is 6.10 Å². The lowest BCUT2D eigenvalue weighted by molar-refractivity contribution is 0.225. The SMILES string of the molecule is CCN(CC)c1ccc2c(c1)[C@@H](O)c1ccccc1-2. The first kappa shape index (κ1) is 12.2. The predicted molar refractivity (Wildman–Crippen MR) is 79.5 cm³/mol. The maximum absolute atomic E-state index is 10.5. The summed E-state index contributed by atoms with van der Waals surface area (Å²) in [6.45, 7) is 6.28. The predicted octanol–water partition coefficient (Wildman–Crippen LogP) is 3.59. The van der Waals surface area contributed by atoms with Gasteiger partial charge in [0.15, 0.2) is 0 Å². The molecule has 0 heterocycles. The van der Waals surface area contributed by atoms with Crippen molar-refractivity contribution < 1.29 is 5.11 Å². The fourth-order valence-corrected chi connectivity index (χ4v) is 2.96. The highest BCUT2D eigenvalue weighted by Crippen LogP contribution is 2.44. The minimum Gasteiger partial charge on any atom is -0.384 e. The Bertz CT molecular complexity index is 602. The average Bonchev–Trinajstić information content (AvgIpc) is 2.74. The Kier molecular flexibility index (Phi) is 3.03. The number of hydrogen-bond acceptors (Lipinski definition) is 2. The fourth-order valence-electron chi connectivity index (χ4n) is 2.96. The number of nitrogens with zero attached hydrogens (tertiary/aromatic N) is 1. The number of rotatable bonds is 3. The van der Waals surface area contributed by atoms with Crippen LogP contribution in [0.2, 0.25) is 0 Å². The summed E-state index contributed by atoms with van der Waals surface area (Å²) in [4.78, 5) is 2.30. The smallest absolute Gasteiger partial charge is 0.105 e. The van der Waals surface area contributed by atoms with Crippen molar-refractivity contribution in [2.75, 3.05) is 18.0 Å². The lowest BCUT2D eigenvalue weighted by atomic mass is 10.1. The van der Waals surface area contributed by atoms with Gasteiger partial charge in [0.05, 0.1) is 0 Å². The molecule has 1 aliphatic rings. The Morgan fingerprint density at radius 3 is 2.37 bits per heavy atom. The second-order valence-electron chi connectivity index (χ2n) is 4.93. The summed E-state index contributed by atoms with van der Waals surface area (Å²) < 4.78 is 0. The second-order valence-corrected chi connectivity index (χ2v) is 4.93. The lowest BCUT2D eigenvalue weighted by Crippen LogP contribution is -2.21. The molecule has 0 spiro atoms. The molecule has 1 aliphatic carbocycles. The van der Waals surface area contributed by atoms with E-state index in [4.69, 9.17) is 0 Å². The third kappa shape index (κ3) is 1.83. The lowest BCUT2D eigenvalue weighted by Gasteiger charge is -2.22. The van der Waals surface area contributed by atoms with Crippen molar-refractivity contribution in [2.24, 2.45) is 0 Å². The Balaban J connectivity index is 2.10. The highest BCUT2D eigenvalue weighted by atomic mass is 16.3.